The lowest BCUT2D eigenvalue weighted by molar-refractivity contribution is 0.102. The van der Waals surface area contributed by atoms with Crippen molar-refractivity contribution in [1.29, 1.82) is 0 Å². The summed E-state index contributed by atoms with van der Waals surface area (Å²) in [6, 6.07) is 23.2. The molecule has 0 aromatic heterocycles. The highest BCUT2D eigenvalue weighted by molar-refractivity contribution is 6.06. The van der Waals surface area contributed by atoms with Crippen molar-refractivity contribution in [3.05, 3.63) is 83.9 Å². The second-order valence-electron chi connectivity index (χ2n) is 7.31. The molecule has 1 N–H and O–H groups in total. The van der Waals surface area contributed by atoms with Gasteiger partial charge in [0.15, 0.2) is 0 Å². The van der Waals surface area contributed by atoms with Gasteiger partial charge in [-0.3, -0.25) is 9.69 Å². The van der Waals surface area contributed by atoms with Crippen molar-refractivity contribution < 1.29 is 14.3 Å². The summed E-state index contributed by atoms with van der Waals surface area (Å²) in [6.07, 6.45) is 0.630. The number of cyclic esters (lactones) is 1. The van der Waals surface area contributed by atoms with Crippen LogP contribution >= 0.6 is 0 Å². The Hall–Kier alpha value is -3.80. The molecule has 2 aliphatic rings. The van der Waals surface area contributed by atoms with Gasteiger partial charge in [-0.15, -0.1) is 0 Å². The van der Waals surface area contributed by atoms with Crippen LogP contribution in [-0.4, -0.2) is 31.7 Å². The number of carbonyl (C=O) groups excluding carboxylic acids is 2. The van der Waals surface area contributed by atoms with Gasteiger partial charge in [0, 0.05) is 23.5 Å². The molecule has 2 amide bonds. The Labute approximate surface area is 174 Å². The van der Waals surface area contributed by atoms with Gasteiger partial charge >= 0.3 is 6.09 Å². The van der Waals surface area contributed by atoms with Crippen LogP contribution in [-0.2, 0) is 11.2 Å². The van der Waals surface area contributed by atoms with Gasteiger partial charge in [0.2, 0.25) is 0 Å². The third-order valence-electron chi connectivity index (χ3n) is 5.53. The molecule has 3 aromatic rings. The van der Waals surface area contributed by atoms with Gasteiger partial charge in [-0.1, -0.05) is 30.3 Å². The summed E-state index contributed by atoms with van der Waals surface area (Å²) in [4.78, 5) is 28.4. The van der Waals surface area contributed by atoms with E-state index >= 15 is 0 Å². The second kappa shape index (κ2) is 7.55. The fourth-order valence-corrected chi connectivity index (χ4v) is 4.02. The first-order valence-corrected chi connectivity index (χ1v) is 10.0. The average molecular weight is 399 g/mol. The van der Waals surface area contributed by atoms with Gasteiger partial charge in [0.25, 0.3) is 5.91 Å². The zero-order chi connectivity index (χ0) is 20.5. The topological polar surface area (TPSA) is 61.9 Å². The average Bonchev–Trinajstić information content (AvgIpc) is 3.40. The summed E-state index contributed by atoms with van der Waals surface area (Å²) < 4.78 is 4.97. The molecule has 2 aliphatic heterocycles. The van der Waals surface area contributed by atoms with Crippen molar-refractivity contribution in [2.75, 3.05) is 34.8 Å². The molecule has 0 bridgehead atoms. The van der Waals surface area contributed by atoms with Crippen LogP contribution in [0.3, 0.4) is 0 Å². The summed E-state index contributed by atoms with van der Waals surface area (Å²) >= 11 is 0. The first-order valence-electron chi connectivity index (χ1n) is 10.0. The summed E-state index contributed by atoms with van der Waals surface area (Å²) in [5.41, 5.74) is 5.50. The number of ether oxygens (including phenoxy) is 1. The largest absolute Gasteiger partial charge is 0.447 e. The SMILES string of the molecule is O=C(Nc1ccccc1N1CCc2ccccc21)c1ccc(N2CCOC2=O)cc1. The van der Waals surface area contributed by atoms with E-state index in [1.54, 1.807) is 29.2 Å². The number of rotatable bonds is 4. The highest BCUT2D eigenvalue weighted by Crippen LogP contribution is 2.38. The van der Waals surface area contributed by atoms with E-state index in [-0.39, 0.29) is 12.0 Å². The molecule has 0 aliphatic carbocycles. The first kappa shape index (κ1) is 18.2. The normalized spacial score (nSPS) is 15.1. The molecule has 0 saturated carbocycles. The third-order valence-corrected chi connectivity index (χ3v) is 5.53. The van der Waals surface area contributed by atoms with E-state index in [0.717, 1.165) is 30.0 Å². The van der Waals surface area contributed by atoms with Crippen LogP contribution in [0.4, 0.5) is 27.5 Å². The fourth-order valence-electron chi connectivity index (χ4n) is 4.02. The maximum Gasteiger partial charge on any atom is 0.414 e. The van der Waals surface area contributed by atoms with E-state index in [0.29, 0.717) is 18.7 Å². The minimum Gasteiger partial charge on any atom is -0.447 e. The van der Waals surface area contributed by atoms with Crippen molar-refractivity contribution in [3.63, 3.8) is 0 Å². The molecular weight excluding hydrogens is 378 g/mol. The van der Waals surface area contributed by atoms with Gasteiger partial charge in [-0.25, -0.2) is 4.79 Å². The zero-order valence-electron chi connectivity index (χ0n) is 16.4. The van der Waals surface area contributed by atoms with Crippen LogP contribution < -0.4 is 15.1 Å². The predicted octanol–water partition coefficient (Wildman–Crippen LogP) is 4.59. The molecule has 0 spiro atoms. The molecule has 0 atom stereocenters. The van der Waals surface area contributed by atoms with E-state index < -0.39 is 0 Å². The number of para-hydroxylation sites is 3. The molecule has 6 heteroatoms. The number of amides is 2. The monoisotopic (exact) mass is 399 g/mol. The van der Waals surface area contributed by atoms with Gasteiger partial charge in [-0.2, -0.15) is 0 Å². The molecule has 1 saturated heterocycles. The van der Waals surface area contributed by atoms with E-state index in [1.807, 2.05) is 30.3 Å². The van der Waals surface area contributed by atoms with Gasteiger partial charge in [0.05, 0.1) is 17.9 Å². The predicted molar refractivity (Wildman–Crippen MR) is 117 cm³/mol. The number of hydrogen-bond acceptors (Lipinski definition) is 4. The molecular formula is C24H21N3O3. The molecule has 2 heterocycles. The van der Waals surface area contributed by atoms with E-state index in [2.05, 4.69) is 28.4 Å². The Morgan fingerprint density at radius 1 is 0.833 bits per heavy atom. The van der Waals surface area contributed by atoms with Crippen LogP contribution in [0, 0.1) is 0 Å². The summed E-state index contributed by atoms with van der Waals surface area (Å²) in [5, 5.41) is 3.05. The van der Waals surface area contributed by atoms with Crippen LogP contribution in [0.5, 0.6) is 0 Å². The van der Waals surface area contributed by atoms with Gasteiger partial charge in [0.1, 0.15) is 6.61 Å². The fraction of sp³-hybridized carbons (Fsp3) is 0.167. The highest BCUT2D eigenvalue weighted by Gasteiger charge is 2.24. The Kier molecular flexibility index (Phi) is 4.59. The number of anilines is 4. The lowest BCUT2D eigenvalue weighted by Gasteiger charge is -2.23. The summed E-state index contributed by atoms with van der Waals surface area (Å²) in [7, 11) is 0. The Bertz CT molecular complexity index is 1110. The van der Waals surface area contributed by atoms with Crippen molar-refractivity contribution in [2.45, 2.75) is 6.42 Å². The van der Waals surface area contributed by atoms with Crippen LogP contribution in [0.15, 0.2) is 72.8 Å². The number of fused-ring (bicyclic) bond motifs is 1. The van der Waals surface area contributed by atoms with Crippen molar-refractivity contribution in [2.24, 2.45) is 0 Å². The molecule has 0 radical (unpaired) electrons. The highest BCUT2D eigenvalue weighted by atomic mass is 16.6. The molecule has 1 fully saturated rings. The molecule has 6 nitrogen and oxygen atoms in total. The Morgan fingerprint density at radius 3 is 2.33 bits per heavy atom. The van der Waals surface area contributed by atoms with Crippen LogP contribution in [0.1, 0.15) is 15.9 Å². The molecule has 30 heavy (non-hydrogen) atoms. The first-order chi connectivity index (χ1) is 14.7. The third kappa shape index (κ3) is 3.26. The lowest BCUT2D eigenvalue weighted by atomic mass is 10.1. The summed E-state index contributed by atoms with van der Waals surface area (Å²) in [5.74, 6) is -0.189. The van der Waals surface area contributed by atoms with E-state index in [9.17, 15) is 9.59 Å². The lowest BCUT2D eigenvalue weighted by Crippen LogP contribution is -2.23. The van der Waals surface area contributed by atoms with E-state index in [1.165, 1.54) is 11.3 Å². The Morgan fingerprint density at radius 2 is 1.57 bits per heavy atom. The van der Waals surface area contributed by atoms with Crippen molar-refractivity contribution in [3.8, 4) is 0 Å². The smallest absolute Gasteiger partial charge is 0.414 e. The molecule has 3 aromatic carbocycles. The van der Waals surface area contributed by atoms with Gasteiger partial charge in [-0.05, 0) is 54.4 Å². The number of hydrogen-bond donors (Lipinski definition) is 1. The maximum absolute atomic E-state index is 12.9. The minimum atomic E-state index is -0.355. The van der Waals surface area contributed by atoms with Crippen molar-refractivity contribution >= 4 is 34.7 Å². The van der Waals surface area contributed by atoms with Crippen LogP contribution in [0.2, 0.25) is 0 Å². The molecule has 0 unspecified atom stereocenters. The number of nitrogens with zero attached hydrogens (tertiary/aromatic N) is 2. The number of nitrogens with one attached hydrogen (secondary N) is 1. The van der Waals surface area contributed by atoms with E-state index in [4.69, 9.17) is 4.74 Å². The van der Waals surface area contributed by atoms with Crippen molar-refractivity contribution in [1.82, 2.24) is 0 Å². The minimum absolute atomic E-state index is 0.189. The second-order valence-corrected chi connectivity index (χ2v) is 7.31. The van der Waals surface area contributed by atoms with Crippen LogP contribution in [0.25, 0.3) is 0 Å². The number of carbonyl (C=O) groups is 2. The maximum atomic E-state index is 12.9. The molecule has 150 valence electrons. The van der Waals surface area contributed by atoms with Gasteiger partial charge < -0.3 is 15.0 Å². The quantitative estimate of drug-likeness (QED) is 0.697. The Balaban J connectivity index is 1.37. The number of benzene rings is 3. The molecule has 5 rings (SSSR count). The standard InChI is InChI=1S/C24H21N3O3/c28-23(18-9-11-19(12-10-18)26-15-16-30-24(26)29)25-20-6-2-4-8-22(20)27-14-13-17-5-1-3-7-21(17)27/h1-12H,13-16H2,(H,25,28). The zero-order valence-corrected chi connectivity index (χ0v) is 16.4. The summed E-state index contributed by atoms with van der Waals surface area (Å²) in [6.45, 7) is 1.79.